The molecule has 4 heteroatoms. The van der Waals surface area contributed by atoms with Gasteiger partial charge in [0.05, 0.1) is 12.2 Å². The highest BCUT2D eigenvalue weighted by Gasteiger charge is 2.17. The molecule has 0 aromatic heterocycles. The van der Waals surface area contributed by atoms with E-state index in [-0.39, 0.29) is 18.2 Å². The van der Waals surface area contributed by atoms with Gasteiger partial charge >= 0.3 is 5.97 Å². The van der Waals surface area contributed by atoms with Crippen molar-refractivity contribution in [1.29, 1.82) is 0 Å². The Balaban J connectivity index is 1.81. The maximum atomic E-state index is 11.7. The lowest BCUT2D eigenvalue weighted by Gasteiger charge is -2.09. The number of carbonyl (C=O) groups is 1. The zero-order chi connectivity index (χ0) is 19.6. The second kappa shape index (κ2) is 17.2. The van der Waals surface area contributed by atoms with E-state index in [1.165, 1.54) is 38.5 Å². The minimum atomic E-state index is -0.168. The van der Waals surface area contributed by atoms with Crippen molar-refractivity contribution >= 4 is 5.97 Å². The number of esters is 1. The van der Waals surface area contributed by atoms with Crippen molar-refractivity contribution in [3.63, 3.8) is 0 Å². The Morgan fingerprint density at radius 3 is 2.67 bits per heavy atom. The molecule has 0 aromatic rings. The first-order chi connectivity index (χ1) is 13.2. The van der Waals surface area contributed by atoms with Crippen LogP contribution in [0.4, 0.5) is 0 Å². The second-order valence-corrected chi connectivity index (χ2v) is 7.83. The number of allylic oxidation sites excluding steroid dienone is 1. The molecule has 0 saturated carbocycles. The summed E-state index contributed by atoms with van der Waals surface area (Å²) in [5.74, 6) is -0.0818. The van der Waals surface area contributed by atoms with Crippen LogP contribution in [0.5, 0.6) is 0 Å². The summed E-state index contributed by atoms with van der Waals surface area (Å²) in [5.41, 5.74) is 0. The van der Waals surface area contributed by atoms with Crippen LogP contribution in [0.1, 0.15) is 103 Å². The Bertz CT molecular complexity index is 375. The van der Waals surface area contributed by atoms with Gasteiger partial charge in [-0.1, -0.05) is 64.0 Å². The first-order valence-corrected chi connectivity index (χ1v) is 11.3. The Labute approximate surface area is 166 Å². The van der Waals surface area contributed by atoms with Gasteiger partial charge in [0.25, 0.3) is 0 Å². The first kappa shape index (κ1) is 24.2. The third-order valence-electron chi connectivity index (χ3n) is 5.17. The molecule has 0 bridgehead atoms. The molecule has 158 valence electrons. The average molecular weight is 383 g/mol. The fourth-order valence-electron chi connectivity index (χ4n) is 3.39. The van der Waals surface area contributed by atoms with Crippen molar-refractivity contribution in [2.75, 3.05) is 13.2 Å². The molecule has 1 aliphatic rings. The standard InChI is InChI=1S/C23H42O4/c1-2-3-4-11-15-21(24)16-12-9-7-5-6-8-10-13-18-23(25)27-20-22-17-14-19-26-22/h9,12,21-22,24H,2-8,10-11,13-20H2,1H3. The molecule has 1 N–H and O–H groups in total. The number of unbranched alkanes of at least 4 members (excludes halogenated alkanes) is 8. The summed E-state index contributed by atoms with van der Waals surface area (Å²) >= 11 is 0. The van der Waals surface area contributed by atoms with Crippen LogP contribution in [0.3, 0.4) is 0 Å². The molecule has 2 atom stereocenters. The quantitative estimate of drug-likeness (QED) is 0.199. The van der Waals surface area contributed by atoms with Gasteiger partial charge in [-0.3, -0.25) is 4.79 Å². The molecule has 1 fully saturated rings. The maximum Gasteiger partial charge on any atom is 0.305 e. The Morgan fingerprint density at radius 1 is 1.11 bits per heavy atom. The van der Waals surface area contributed by atoms with E-state index in [1.807, 2.05) is 0 Å². The third-order valence-corrected chi connectivity index (χ3v) is 5.17. The molecule has 0 amide bonds. The lowest BCUT2D eigenvalue weighted by molar-refractivity contribution is -0.147. The summed E-state index contributed by atoms with van der Waals surface area (Å²) in [5, 5.41) is 9.90. The number of rotatable bonds is 17. The zero-order valence-corrected chi connectivity index (χ0v) is 17.5. The van der Waals surface area contributed by atoms with E-state index in [0.29, 0.717) is 13.0 Å². The first-order valence-electron chi connectivity index (χ1n) is 11.3. The molecule has 1 heterocycles. The van der Waals surface area contributed by atoms with Crippen molar-refractivity contribution in [2.45, 2.75) is 115 Å². The van der Waals surface area contributed by atoms with Gasteiger partial charge in [-0.05, 0) is 44.9 Å². The smallest absolute Gasteiger partial charge is 0.305 e. The van der Waals surface area contributed by atoms with E-state index in [2.05, 4.69) is 19.1 Å². The van der Waals surface area contributed by atoms with Crippen LogP contribution in [-0.4, -0.2) is 36.5 Å². The van der Waals surface area contributed by atoms with E-state index in [1.54, 1.807) is 0 Å². The number of hydrogen-bond donors (Lipinski definition) is 1. The zero-order valence-electron chi connectivity index (χ0n) is 17.5. The summed E-state index contributed by atoms with van der Waals surface area (Å²) in [6.07, 6.45) is 20.2. The van der Waals surface area contributed by atoms with Gasteiger partial charge < -0.3 is 14.6 Å². The average Bonchev–Trinajstić information content (AvgIpc) is 3.18. The molecule has 1 rings (SSSR count). The second-order valence-electron chi connectivity index (χ2n) is 7.83. The van der Waals surface area contributed by atoms with Gasteiger partial charge in [0, 0.05) is 13.0 Å². The molecule has 0 aliphatic carbocycles. The van der Waals surface area contributed by atoms with Gasteiger partial charge in [0.15, 0.2) is 0 Å². The summed E-state index contributed by atoms with van der Waals surface area (Å²) in [6.45, 7) is 3.44. The van der Waals surface area contributed by atoms with Crippen LogP contribution >= 0.6 is 0 Å². The van der Waals surface area contributed by atoms with Crippen LogP contribution in [-0.2, 0) is 14.3 Å². The third kappa shape index (κ3) is 14.8. The molecule has 1 saturated heterocycles. The van der Waals surface area contributed by atoms with E-state index >= 15 is 0 Å². The Kier molecular flexibility index (Phi) is 15.4. The highest BCUT2D eigenvalue weighted by atomic mass is 16.6. The highest BCUT2D eigenvalue weighted by Crippen LogP contribution is 2.13. The molecule has 2 unspecified atom stereocenters. The predicted molar refractivity (Wildman–Crippen MR) is 111 cm³/mol. The molecule has 4 nitrogen and oxygen atoms in total. The van der Waals surface area contributed by atoms with E-state index in [0.717, 1.165) is 58.0 Å². The molecular weight excluding hydrogens is 340 g/mol. The number of ether oxygens (including phenoxy) is 2. The van der Waals surface area contributed by atoms with Crippen LogP contribution in [0.2, 0.25) is 0 Å². The molecule has 1 aliphatic heterocycles. The minimum absolute atomic E-state index is 0.0818. The number of hydrogen-bond acceptors (Lipinski definition) is 4. The molecule has 0 aromatic carbocycles. The van der Waals surface area contributed by atoms with E-state index in [9.17, 15) is 9.90 Å². The molecule has 0 spiro atoms. The fraction of sp³-hybridized carbons (Fsp3) is 0.870. The topological polar surface area (TPSA) is 55.8 Å². The molecular formula is C23H42O4. The normalized spacial score (nSPS) is 18.2. The van der Waals surface area contributed by atoms with Gasteiger partial charge in [-0.25, -0.2) is 0 Å². The van der Waals surface area contributed by atoms with Crippen LogP contribution in [0.15, 0.2) is 12.2 Å². The number of aliphatic hydroxyl groups is 1. The van der Waals surface area contributed by atoms with Crippen LogP contribution in [0, 0.1) is 0 Å². The van der Waals surface area contributed by atoms with Gasteiger partial charge in [0.1, 0.15) is 6.61 Å². The summed E-state index contributed by atoms with van der Waals surface area (Å²) in [6, 6.07) is 0. The monoisotopic (exact) mass is 382 g/mol. The molecule has 27 heavy (non-hydrogen) atoms. The SMILES string of the molecule is CCCCCCC(O)CC=CCCCCCCCC(=O)OCC1CCCO1. The summed E-state index contributed by atoms with van der Waals surface area (Å²) < 4.78 is 10.7. The van der Waals surface area contributed by atoms with E-state index in [4.69, 9.17) is 9.47 Å². The van der Waals surface area contributed by atoms with Crippen molar-refractivity contribution in [2.24, 2.45) is 0 Å². The Morgan fingerprint density at radius 2 is 1.89 bits per heavy atom. The highest BCUT2D eigenvalue weighted by molar-refractivity contribution is 5.69. The minimum Gasteiger partial charge on any atom is -0.463 e. The van der Waals surface area contributed by atoms with Crippen molar-refractivity contribution < 1.29 is 19.4 Å². The van der Waals surface area contributed by atoms with Crippen LogP contribution in [0.25, 0.3) is 0 Å². The lowest BCUT2D eigenvalue weighted by Crippen LogP contribution is -2.17. The lowest BCUT2D eigenvalue weighted by atomic mass is 10.1. The maximum absolute atomic E-state index is 11.7. The van der Waals surface area contributed by atoms with Crippen molar-refractivity contribution in [3.05, 3.63) is 12.2 Å². The van der Waals surface area contributed by atoms with Gasteiger partial charge in [-0.15, -0.1) is 0 Å². The Hall–Kier alpha value is -0.870. The number of aliphatic hydroxyl groups excluding tert-OH is 1. The summed E-state index contributed by atoms with van der Waals surface area (Å²) in [7, 11) is 0. The van der Waals surface area contributed by atoms with Crippen molar-refractivity contribution in [1.82, 2.24) is 0 Å². The fourth-order valence-corrected chi connectivity index (χ4v) is 3.39. The predicted octanol–water partition coefficient (Wildman–Crippen LogP) is 5.72. The van der Waals surface area contributed by atoms with Gasteiger partial charge in [-0.2, -0.15) is 0 Å². The van der Waals surface area contributed by atoms with Crippen LogP contribution < -0.4 is 0 Å². The summed E-state index contributed by atoms with van der Waals surface area (Å²) in [4.78, 5) is 11.7. The van der Waals surface area contributed by atoms with Gasteiger partial charge in [0.2, 0.25) is 0 Å². The van der Waals surface area contributed by atoms with E-state index < -0.39 is 0 Å². The largest absolute Gasteiger partial charge is 0.463 e. The number of carbonyl (C=O) groups excluding carboxylic acids is 1. The molecule has 0 radical (unpaired) electrons. The van der Waals surface area contributed by atoms with Crippen molar-refractivity contribution in [3.8, 4) is 0 Å².